The molecule has 13 heteroatoms. The van der Waals surface area contributed by atoms with Gasteiger partial charge >= 0.3 is 0 Å². The van der Waals surface area contributed by atoms with Crippen molar-refractivity contribution in [3.8, 4) is 34.5 Å². The Labute approximate surface area is 224 Å². The molecule has 1 aliphatic carbocycles. The van der Waals surface area contributed by atoms with Crippen LogP contribution in [0.15, 0.2) is 52.8 Å². The Bertz CT molecular complexity index is 1560. The maximum absolute atomic E-state index is 13.5. The Balaban J connectivity index is 1.54. The van der Waals surface area contributed by atoms with Crippen LogP contribution in [0.4, 0.5) is 8.78 Å². The summed E-state index contributed by atoms with van der Waals surface area (Å²) >= 11 is 7.23. The molecule has 0 bridgehead atoms. The zero-order valence-electron chi connectivity index (χ0n) is 19.7. The van der Waals surface area contributed by atoms with Gasteiger partial charge in [-0.3, -0.25) is 29.9 Å². The van der Waals surface area contributed by atoms with Crippen molar-refractivity contribution in [2.45, 2.75) is 24.6 Å². The number of nitrogens with one attached hydrogen (secondary N) is 2. The highest BCUT2D eigenvalue weighted by atomic mass is 35.5. The van der Waals surface area contributed by atoms with Crippen LogP contribution in [0.1, 0.15) is 35.3 Å². The summed E-state index contributed by atoms with van der Waals surface area (Å²) < 4.78 is 33.6. The van der Waals surface area contributed by atoms with E-state index in [0.29, 0.717) is 11.1 Å². The van der Waals surface area contributed by atoms with Gasteiger partial charge in [-0.1, -0.05) is 23.4 Å². The number of rotatable bonds is 5. The maximum atomic E-state index is 13.5. The average Bonchev–Trinajstić information content (AvgIpc) is 3.65. The number of amidine groups is 1. The lowest BCUT2D eigenvalue weighted by molar-refractivity contribution is 0.0978. The summed E-state index contributed by atoms with van der Waals surface area (Å²) in [6, 6.07) is 5.54. The fourth-order valence-corrected chi connectivity index (χ4v) is 4.44. The van der Waals surface area contributed by atoms with E-state index in [0.717, 1.165) is 25.1 Å². The Hall–Kier alpha value is -3.95. The molecule has 38 heavy (non-hydrogen) atoms. The average molecular weight is 557 g/mol. The van der Waals surface area contributed by atoms with Gasteiger partial charge in [-0.2, -0.15) is 5.10 Å². The van der Waals surface area contributed by atoms with E-state index < -0.39 is 23.6 Å². The second kappa shape index (κ2) is 10.8. The van der Waals surface area contributed by atoms with Gasteiger partial charge in [-0.05, 0) is 48.9 Å². The van der Waals surface area contributed by atoms with E-state index in [1.807, 2.05) is 0 Å². The van der Waals surface area contributed by atoms with Crippen LogP contribution < -0.4 is 21.0 Å². The minimum atomic E-state index is -2.86. The van der Waals surface area contributed by atoms with E-state index in [2.05, 4.69) is 37.7 Å². The number of hydrogen-bond donors (Lipinski definition) is 2. The molecule has 3 aromatic rings. The van der Waals surface area contributed by atoms with E-state index >= 15 is 0 Å². The molecule has 1 atom stereocenters. The SMILES string of the molecule is COc1cnc(C(F)F)cc1-c1cc(-n2cccc(Cl)c2=O)ncc1C(=O)NC1=NNC(C#CC2CC2)S1. The predicted octanol–water partition coefficient (Wildman–Crippen LogP) is 3.97. The van der Waals surface area contributed by atoms with E-state index in [4.69, 9.17) is 16.3 Å². The number of carbonyl (C=O) groups excluding carboxylic acids is 1. The molecule has 0 aromatic carbocycles. The minimum absolute atomic E-state index is 0.0318. The monoisotopic (exact) mass is 556 g/mol. The zero-order valence-corrected chi connectivity index (χ0v) is 21.3. The van der Waals surface area contributed by atoms with Crippen LogP contribution in [0.2, 0.25) is 5.02 Å². The maximum Gasteiger partial charge on any atom is 0.280 e. The Kier molecular flexibility index (Phi) is 7.31. The van der Waals surface area contributed by atoms with E-state index in [1.165, 1.54) is 48.0 Å². The number of carbonyl (C=O) groups is 1. The summed E-state index contributed by atoms with van der Waals surface area (Å²) in [5.41, 5.74) is 2.18. The molecule has 5 rings (SSSR count). The molecule has 1 unspecified atom stereocenters. The first-order chi connectivity index (χ1) is 18.3. The van der Waals surface area contributed by atoms with Crippen LogP contribution in [0.25, 0.3) is 16.9 Å². The third kappa shape index (κ3) is 5.49. The normalized spacial score (nSPS) is 16.3. The number of ether oxygens (including phenoxy) is 1. The standard InChI is InChI=1S/C25H19ClF2N6O3S/c1-37-19-12-29-18(22(27)28)9-15(19)14-10-20(34-8-2-3-17(26)24(34)36)30-11-16(14)23(35)31-25-33-32-21(38-25)7-6-13-4-5-13/h2-3,8-13,21-22,32H,4-5H2,1H3,(H,31,33,35). The Morgan fingerprint density at radius 1 is 1.26 bits per heavy atom. The summed E-state index contributed by atoms with van der Waals surface area (Å²) in [6.07, 6.45) is 3.16. The molecule has 0 radical (unpaired) electrons. The number of hydrogen-bond acceptors (Lipinski definition) is 8. The van der Waals surface area contributed by atoms with Gasteiger partial charge in [-0.15, -0.1) is 0 Å². The number of nitrogens with zero attached hydrogens (tertiary/aromatic N) is 4. The number of pyridine rings is 3. The van der Waals surface area contributed by atoms with Gasteiger partial charge < -0.3 is 4.74 Å². The molecule has 194 valence electrons. The summed E-state index contributed by atoms with van der Waals surface area (Å²) in [6.45, 7) is 0. The second-order valence-corrected chi connectivity index (χ2v) is 9.79. The molecule has 2 N–H and O–H groups in total. The lowest BCUT2D eigenvalue weighted by Gasteiger charge is -2.15. The molecule has 3 aromatic heterocycles. The molecule has 2 aliphatic rings. The first-order valence-electron chi connectivity index (χ1n) is 11.4. The van der Waals surface area contributed by atoms with Crippen molar-refractivity contribution in [2.24, 2.45) is 11.0 Å². The highest BCUT2D eigenvalue weighted by Gasteiger charge is 2.25. The number of methoxy groups -OCH3 is 1. The van der Waals surface area contributed by atoms with Crippen molar-refractivity contribution in [3.63, 3.8) is 0 Å². The third-order valence-corrected chi connectivity index (χ3v) is 6.80. The number of halogens is 3. The molecule has 1 saturated carbocycles. The number of thioether (sulfide) groups is 1. The number of alkyl halides is 2. The molecule has 1 amide bonds. The van der Waals surface area contributed by atoms with Crippen molar-refractivity contribution >= 4 is 34.4 Å². The number of hydrazone groups is 1. The van der Waals surface area contributed by atoms with Crippen molar-refractivity contribution in [2.75, 3.05) is 7.11 Å². The van der Waals surface area contributed by atoms with E-state index in [9.17, 15) is 18.4 Å². The van der Waals surface area contributed by atoms with Crippen molar-refractivity contribution in [1.29, 1.82) is 0 Å². The highest BCUT2D eigenvalue weighted by Crippen LogP contribution is 2.35. The summed E-state index contributed by atoms with van der Waals surface area (Å²) in [5, 5.41) is 6.78. The number of amides is 1. The lowest BCUT2D eigenvalue weighted by atomic mass is 10.00. The Morgan fingerprint density at radius 2 is 2.08 bits per heavy atom. The molecule has 0 saturated heterocycles. The van der Waals surface area contributed by atoms with Crippen molar-refractivity contribution in [3.05, 3.63) is 69.5 Å². The van der Waals surface area contributed by atoms with E-state index in [1.54, 1.807) is 6.07 Å². The van der Waals surface area contributed by atoms with Gasteiger partial charge in [0, 0.05) is 29.4 Å². The van der Waals surface area contributed by atoms with Crippen molar-refractivity contribution < 1.29 is 18.3 Å². The topological polar surface area (TPSA) is 111 Å². The van der Waals surface area contributed by atoms with Gasteiger partial charge in [0.05, 0.1) is 18.9 Å². The number of aromatic nitrogens is 3. The van der Waals surface area contributed by atoms with Gasteiger partial charge in [0.2, 0.25) is 0 Å². The van der Waals surface area contributed by atoms with Gasteiger partial charge in [0.15, 0.2) is 10.5 Å². The van der Waals surface area contributed by atoms with Crippen LogP contribution in [0.3, 0.4) is 0 Å². The predicted molar refractivity (Wildman–Crippen MR) is 139 cm³/mol. The highest BCUT2D eigenvalue weighted by molar-refractivity contribution is 8.14. The van der Waals surface area contributed by atoms with Crippen LogP contribution in [0.5, 0.6) is 5.75 Å². The molecule has 9 nitrogen and oxygen atoms in total. The third-order valence-electron chi connectivity index (χ3n) is 5.63. The van der Waals surface area contributed by atoms with Crippen LogP contribution in [-0.2, 0) is 0 Å². The lowest BCUT2D eigenvalue weighted by Crippen LogP contribution is -2.28. The molecule has 1 aliphatic heterocycles. The molecule has 4 heterocycles. The molecule has 1 fully saturated rings. The first kappa shape index (κ1) is 25.7. The summed E-state index contributed by atoms with van der Waals surface area (Å²) in [7, 11) is 1.35. The quantitative estimate of drug-likeness (QED) is 0.458. The van der Waals surface area contributed by atoms with Gasteiger partial charge in [-0.25, -0.2) is 13.8 Å². The fourth-order valence-electron chi connectivity index (χ4n) is 3.57. The zero-order chi connectivity index (χ0) is 26.8. The fraction of sp³-hybridized carbons (Fsp3) is 0.240. The Morgan fingerprint density at radius 3 is 2.82 bits per heavy atom. The van der Waals surface area contributed by atoms with Crippen molar-refractivity contribution in [1.82, 2.24) is 25.3 Å². The van der Waals surface area contributed by atoms with Gasteiger partial charge in [0.1, 0.15) is 22.3 Å². The molecular formula is C25H19ClF2N6O3S. The molecular weight excluding hydrogens is 538 g/mol. The largest absolute Gasteiger partial charge is 0.494 e. The van der Waals surface area contributed by atoms with Crippen LogP contribution in [0, 0.1) is 17.8 Å². The van der Waals surface area contributed by atoms with Crippen LogP contribution in [-0.4, -0.2) is 38.1 Å². The smallest absolute Gasteiger partial charge is 0.280 e. The second-order valence-electron chi connectivity index (χ2n) is 8.29. The van der Waals surface area contributed by atoms with E-state index in [-0.39, 0.29) is 38.7 Å². The van der Waals surface area contributed by atoms with Gasteiger partial charge in [0.25, 0.3) is 17.9 Å². The summed E-state index contributed by atoms with van der Waals surface area (Å²) in [5.74, 6) is 6.30. The van der Waals surface area contributed by atoms with Crippen LogP contribution >= 0.6 is 23.4 Å². The summed E-state index contributed by atoms with van der Waals surface area (Å²) in [4.78, 5) is 34.0. The minimum Gasteiger partial charge on any atom is -0.494 e. The first-order valence-corrected chi connectivity index (χ1v) is 12.6. The molecule has 0 spiro atoms.